The highest BCUT2D eigenvalue weighted by Crippen LogP contribution is 2.19. The summed E-state index contributed by atoms with van der Waals surface area (Å²) in [6.07, 6.45) is 2.94. The smallest absolute Gasteiger partial charge is 0.262 e. The molecule has 0 aliphatic heterocycles. The van der Waals surface area contributed by atoms with Crippen molar-refractivity contribution in [2.24, 2.45) is 0 Å². The van der Waals surface area contributed by atoms with E-state index in [0.29, 0.717) is 5.69 Å². The van der Waals surface area contributed by atoms with Gasteiger partial charge in [0.15, 0.2) is 0 Å². The number of rotatable bonds is 1. The molecule has 0 N–H and O–H groups in total. The molecule has 2 heterocycles. The molecule has 3 aromatic rings. The molecule has 1 aromatic carbocycles. The third-order valence-electron chi connectivity index (χ3n) is 2.91. The largest absolute Gasteiger partial charge is 0.269 e. The summed E-state index contributed by atoms with van der Waals surface area (Å²) < 4.78 is 17.2. The fourth-order valence-corrected chi connectivity index (χ4v) is 2.22. The van der Waals surface area contributed by atoms with Gasteiger partial charge in [0, 0.05) is 16.9 Å². The van der Waals surface area contributed by atoms with E-state index in [1.54, 1.807) is 6.07 Å². The number of aryl methyl sites for hydroxylation is 1. The van der Waals surface area contributed by atoms with Gasteiger partial charge in [-0.1, -0.05) is 15.9 Å². The summed E-state index contributed by atoms with van der Waals surface area (Å²) in [6.45, 7) is 1.92. The Labute approximate surface area is 116 Å². The van der Waals surface area contributed by atoms with Crippen molar-refractivity contribution >= 4 is 21.7 Å². The molecule has 4 nitrogen and oxygen atoms in total. The Morgan fingerprint density at radius 3 is 2.84 bits per heavy atom. The van der Waals surface area contributed by atoms with E-state index in [1.807, 2.05) is 19.1 Å². The summed E-state index contributed by atoms with van der Waals surface area (Å²) in [4.78, 5) is 16.0. The standard InChI is InChI=1S/C13H9BrFN3O/c1-8-6-9(2-3-10(8)14)18-12(19)7-11(15)17-5-4-16-13(17)18/h2-7H,1H3. The minimum absolute atomic E-state index is 0.256. The van der Waals surface area contributed by atoms with Crippen LogP contribution in [0.25, 0.3) is 11.5 Å². The van der Waals surface area contributed by atoms with E-state index in [9.17, 15) is 9.18 Å². The maximum atomic E-state index is 13.6. The van der Waals surface area contributed by atoms with Crippen LogP contribution in [0, 0.1) is 12.9 Å². The molecule has 0 atom stereocenters. The molecule has 0 fully saturated rings. The van der Waals surface area contributed by atoms with Gasteiger partial charge in [0.1, 0.15) is 0 Å². The monoisotopic (exact) mass is 321 g/mol. The second kappa shape index (κ2) is 4.31. The van der Waals surface area contributed by atoms with Crippen molar-refractivity contribution in [3.8, 4) is 5.69 Å². The predicted octanol–water partition coefficient (Wildman–Crippen LogP) is 2.70. The first-order valence-corrected chi connectivity index (χ1v) is 6.38. The topological polar surface area (TPSA) is 39.3 Å². The molecule has 3 rings (SSSR count). The minimum atomic E-state index is -0.623. The van der Waals surface area contributed by atoms with E-state index < -0.39 is 11.5 Å². The van der Waals surface area contributed by atoms with Crippen molar-refractivity contribution in [2.45, 2.75) is 6.92 Å². The number of halogens is 2. The summed E-state index contributed by atoms with van der Waals surface area (Å²) >= 11 is 3.41. The Hall–Kier alpha value is -1.95. The van der Waals surface area contributed by atoms with E-state index in [4.69, 9.17) is 0 Å². The zero-order valence-electron chi connectivity index (χ0n) is 9.97. The Kier molecular flexibility index (Phi) is 2.74. The van der Waals surface area contributed by atoms with Crippen molar-refractivity contribution < 1.29 is 4.39 Å². The van der Waals surface area contributed by atoms with Crippen LogP contribution >= 0.6 is 15.9 Å². The van der Waals surface area contributed by atoms with Gasteiger partial charge >= 0.3 is 0 Å². The highest BCUT2D eigenvalue weighted by molar-refractivity contribution is 9.10. The lowest BCUT2D eigenvalue weighted by atomic mass is 10.2. The van der Waals surface area contributed by atoms with Crippen LogP contribution in [0.5, 0.6) is 0 Å². The third kappa shape index (κ3) is 1.88. The molecular formula is C13H9BrFN3O. The van der Waals surface area contributed by atoms with Gasteiger partial charge in [-0.25, -0.2) is 9.55 Å². The zero-order chi connectivity index (χ0) is 13.6. The van der Waals surface area contributed by atoms with Crippen molar-refractivity contribution in [2.75, 3.05) is 0 Å². The molecule has 6 heteroatoms. The SMILES string of the molecule is Cc1cc(-n2c(=O)cc(F)n3ccnc23)ccc1Br. The predicted molar refractivity (Wildman–Crippen MR) is 73.2 cm³/mol. The van der Waals surface area contributed by atoms with Gasteiger partial charge in [0.05, 0.1) is 11.8 Å². The van der Waals surface area contributed by atoms with Gasteiger partial charge in [-0.15, -0.1) is 0 Å². The van der Waals surface area contributed by atoms with E-state index in [-0.39, 0.29) is 5.78 Å². The van der Waals surface area contributed by atoms with Gasteiger partial charge < -0.3 is 0 Å². The number of aromatic nitrogens is 3. The maximum absolute atomic E-state index is 13.6. The van der Waals surface area contributed by atoms with Gasteiger partial charge in [-0.05, 0) is 30.7 Å². The second-order valence-corrected chi connectivity index (χ2v) is 5.03. The van der Waals surface area contributed by atoms with E-state index in [2.05, 4.69) is 20.9 Å². The lowest BCUT2D eigenvalue weighted by Gasteiger charge is -2.09. The molecule has 0 aliphatic rings. The number of hydrogen-bond acceptors (Lipinski definition) is 2. The molecule has 2 aromatic heterocycles. The fourth-order valence-electron chi connectivity index (χ4n) is 1.97. The van der Waals surface area contributed by atoms with Crippen LogP contribution in [0.3, 0.4) is 0 Å². The summed E-state index contributed by atoms with van der Waals surface area (Å²) in [6, 6.07) is 6.43. The second-order valence-electron chi connectivity index (χ2n) is 4.17. The van der Waals surface area contributed by atoms with Crippen molar-refractivity contribution in [3.63, 3.8) is 0 Å². The first-order valence-electron chi connectivity index (χ1n) is 5.59. The number of benzene rings is 1. The first-order chi connectivity index (χ1) is 9.08. The van der Waals surface area contributed by atoms with Crippen LogP contribution in [0.15, 0.2) is 45.9 Å². The lowest BCUT2D eigenvalue weighted by Crippen LogP contribution is -2.21. The van der Waals surface area contributed by atoms with E-state index in [1.165, 1.54) is 21.4 Å². The minimum Gasteiger partial charge on any atom is -0.269 e. The van der Waals surface area contributed by atoms with Crippen molar-refractivity contribution in [1.29, 1.82) is 0 Å². The summed E-state index contributed by atoms with van der Waals surface area (Å²) in [5.74, 6) is -0.366. The van der Waals surface area contributed by atoms with Gasteiger partial charge in [-0.3, -0.25) is 9.20 Å². The molecule has 0 radical (unpaired) electrons. The van der Waals surface area contributed by atoms with Gasteiger partial charge in [-0.2, -0.15) is 4.39 Å². The quantitative estimate of drug-likeness (QED) is 0.646. The molecule has 96 valence electrons. The van der Waals surface area contributed by atoms with Gasteiger partial charge in [0.25, 0.3) is 5.56 Å². The van der Waals surface area contributed by atoms with Crippen LogP contribution in [-0.4, -0.2) is 14.0 Å². The Bertz CT molecular complexity index is 838. The van der Waals surface area contributed by atoms with Crippen molar-refractivity contribution in [3.05, 3.63) is 63.0 Å². The van der Waals surface area contributed by atoms with Crippen LogP contribution < -0.4 is 5.56 Å². The Morgan fingerprint density at radius 1 is 1.32 bits per heavy atom. The summed E-state index contributed by atoms with van der Waals surface area (Å²) in [7, 11) is 0. The molecule has 0 unspecified atom stereocenters. The number of imidazole rings is 1. The highest BCUT2D eigenvalue weighted by atomic mass is 79.9. The maximum Gasteiger partial charge on any atom is 0.262 e. The van der Waals surface area contributed by atoms with E-state index in [0.717, 1.165) is 16.1 Å². The van der Waals surface area contributed by atoms with Crippen LogP contribution in [-0.2, 0) is 0 Å². The molecule has 0 bridgehead atoms. The average Bonchev–Trinajstić information content (AvgIpc) is 2.83. The normalized spacial score (nSPS) is 11.1. The molecule has 0 amide bonds. The number of hydrogen-bond donors (Lipinski definition) is 0. The fraction of sp³-hybridized carbons (Fsp3) is 0.0769. The highest BCUT2D eigenvalue weighted by Gasteiger charge is 2.11. The summed E-state index contributed by atoms with van der Waals surface area (Å²) in [5.41, 5.74) is 1.19. The Balaban J connectivity index is 2.39. The Morgan fingerprint density at radius 2 is 2.11 bits per heavy atom. The molecule has 0 saturated heterocycles. The molecule has 19 heavy (non-hydrogen) atoms. The van der Waals surface area contributed by atoms with Crippen molar-refractivity contribution in [1.82, 2.24) is 14.0 Å². The van der Waals surface area contributed by atoms with Crippen LogP contribution in [0.4, 0.5) is 4.39 Å². The van der Waals surface area contributed by atoms with E-state index >= 15 is 0 Å². The average molecular weight is 322 g/mol. The number of fused-ring (bicyclic) bond motifs is 1. The lowest BCUT2D eigenvalue weighted by molar-refractivity contribution is 0.558. The van der Waals surface area contributed by atoms with Crippen LogP contribution in [0.2, 0.25) is 0 Å². The molecule has 0 aliphatic carbocycles. The molecule has 0 saturated carbocycles. The summed E-state index contributed by atoms with van der Waals surface area (Å²) in [5, 5.41) is 0. The van der Waals surface area contributed by atoms with Gasteiger partial charge in [0.2, 0.25) is 11.7 Å². The third-order valence-corrected chi connectivity index (χ3v) is 3.80. The van der Waals surface area contributed by atoms with Crippen LogP contribution in [0.1, 0.15) is 5.56 Å². The first kappa shape index (κ1) is 12.1. The molecular weight excluding hydrogens is 313 g/mol. The zero-order valence-corrected chi connectivity index (χ0v) is 11.6. The number of nitrogens with zero attached hydrogens (tertiary/aromatic N) is 3. The molecule has 0 spiro atoms.